The highest BCUT2D eigenvalue weighted by molar-refractivity contribution is 5.83. The van der Waals surface area contributed by atoms with Crippen molar-refractivity contribution in [2.75, 3.05) is 0 Å². The minimum atomic E-state index is -0.172. The molecule has 0 amide bonds. The monoisotopic (exact) mass is 336 g/mol. The van der Waals surface area contributed by atoms with Crippen LogP contribution in [0, 0.1) is 51.7 Å². The highest BCUT2D eigenvalue weighted by atomic mass is 16.5. The van der Waals surface area contributed by atoms with Crippen molar-refractivity contribution in [2.45, 2.75) is 52.9 Å². The number of nitriles is 3. The molecule has 130 valence electrons. The summed E-state index contributed by atoms with van der Waals surface area (Å²) in [7, 11) is 0. The first-order valence-electron chi connectivity index (χ1n) is 8.73. The Hall–Kier alpha value is -2.55. The molecule has 5 heteroatoms. The molecule has 3 atom stereocenters. The average molecular weight is 336 g/mol. The number of ether oxygens (including phenoxy) is 1. The number of hydrogen-bond acceptors (Lipinski definition) is 4. The molecule has 1 heterocycles. The second kappa shape index (κ2) is 8.52. The van der Waals surface area contributed by atoms with E-state index in [9.17, 15) is 5.26 Å². The Balaban J connectivity index is 2.19. The first-order valence-corrected chi connectivity index (χ1v) is 8.73. The van der Waals surface area contributed by atoms with Gasteiger partial charge < -0.3 is 9.30 Å². The first-order chi connectivity index (χ1) is 12.0. The summed E-state index contributed by atoms with van der Waals surface area (Å²) in [5, 5.41) is 27.5. The van der Waals surface area contributed by atoms with Gasteiger partial charge in [0.2, 0.25) is 0 Å². The molecule has 1 aromatic heterocycles. The van der Waals surface area contributed by atoms with Crippen molar-refractivity contribution in [2.24, 2.45) is 17.8 Å². The van der Waals surface area contributed by atoms with E-state index in [1.165, 1.54) is 12.8 Å². The molecule has 0 saturated heterocycles. The number of hydrogen-bond donors (Lipinski definition) is 0. The summed E-state index contributed by atoms with van der Waals surface area (Å²) in [5.41, 5.74) is 0.468. The van der Waals surface area contributed by atoms with Gasteiger partial charge in [0, 0.05) is 6.20 Å². The predicted octanol–water partition coefficient (Wildman–Crippen LogP) is 4.25. The fourth-order valence-corrected chi connectivity index (χ4v) is 3.61. The standard InChI is InChI=1S/C20H24N4O/c1-14(2)17-7-6-15(3)9-20(17)25-13-24-8-4-5-19(24)18(12-23)16(10-21)11-22/h4-5,8,14-15,17,20H,6-7,9,13H2,1-3H3/t15-,17+,20-/m0/s1. The largest absolute Gasteiger partial charge is 0.357 e. The number of rotatable bonds is 5. The van der Waals surface area contributed by atoms with E-state index >= 15 is 0 Å². The van der Waals surface area contributed by atoms with Crippen LogP contribution < -0.4 is 0 Å². The summed E-state index contributed by atoms with van der Waals surface area (Å²) in [6.45, 7) is 7.05. The van der Waals surface area contributed by atoms with Crippen LogP contribution in [0.5, 0.6) is 0 Å². The van der Waals surface area contributed by atoms with E-state index in [2.05, 4.69) is 20.8 Å². The Kier molecular flexibility index (Phi) is 6.40. The average Bonchev–Trinajstić information content (AvgIpc) is 3.05. The van der Waals surface area contributed by atoms with Crippen LogP contribution in [-0.4, -0.2) is 10.7 Å². The molecule has 0 N–H and O–H groups in total. The minimum Gasteiger partial charge on any atom is -0.357 e. The summed E-state index contributed by atoms with van der Waals surface area (Å²) < 4.78 is 8.01. The SMILES string of the molecule is CC(C)[C@H]1CC[C@H](C)C[C@@H]1OCn1cccc1C(C#N)=C(C#N)C#N. The van der Waals surface area contributed by atoms with Gasteiger partial charge in [0.05, 0.1) is 11.8 Å². The van der Waals surface area contributed by atoms with Crippen LogP contribution >= 0.6 is 0 Å². The van der Waals surface area contributed by atoms with Gasteiger partial charge >= 0.3 is 0 Å². The van der Waals surface area contributed by atoms with Crippen molar-refractivity contribution < 1.29 is 4.74 Å². The molecule has 1 aromatic rings. The van der Waals surface area contributed by atoms with Crippen LogP contribution in [0.4, 0.5) is 0 Å². The van der Waals surface area contributed by atoms with Crippen molar-refractivity contribution in [1.29, 1.82) is 15.8 Å². The van der Waals surface area contributed by atoms with Gasteiger partial charge in [0.25, 0.3) is 0 Å². The lowest BCUT2D eigenvalue weighted by Gasteiger charge is -2.37. The molecule has 0 radical (unpaired) electrons. The topological polar surface area (TPSA) is 85.5 Å². The zero-order valence-electron chi connectivity index (χ0n) is 15.1. The van der Waals surface area contributed by atoms with Gasteiger partial charge in [-0.2, -0.15) is 15.8 Å². The van der Waals surface area contributed by atoms with E-state index < -0.39 is 0 Å². The van der Waals surface area contributed by atoms with Gasteiger partial charge in [0.1, 0.15) is 36.1 Å². The van der Waals surface area contributed by atoms with Crippen molar-refractivity contribution in [3.8, 4) is 18.2 Å². The lowest BCUT2D eigenvalue weighted by atomic mass is 9.75. The Morgan fingerprint density at radius 2 is 1.96 bits per heavy atom. The highest BCUT2D eigenvalue weighted by Crippen LogP contribution is 2.35. The summed E-state index contributed by atoms with van der Waals surface area (Å²) in [6.07, 6.45) is 5.47. The van der Waals surface area contributed by atoms with Crippen molar-refractivity contribution in [3.63, 3.8) is 0 Å². The maximum Gasteiger partial charge on any atom is 0.149 e. The van der Waals surface area contributed by atoms with Crippen LogP contribution in [-0.2, 0) is 11.5 Å². The lowest BCUT2D eigenvalue weighted by Crippen LogP contribution is -2.34. The third-order valence-electron chi connectivity index (χ3n) is 5.06. The molecule has 2 rings (SSSR count). The van der Waals surface area contributed by atoms with E-state index in [1.54, 1.807) is 28.8 Å². The molecule has 1 aliphatic carbocycles. The van der Waals surface area contributed by atoms with Crippen molar-refractivity contribution in [1.82, 2.24) is 4.57 Å². The third-order valence-corrected chi connectivity index (χ3v) is 5.06. The van der Waals surface area contributed by atoms with Crippen molar-refractivity contribution >= 4 is 5.57 Å². The molecule has 1 saturated carbocycles. The molecule has 0 bridgehead atoms. The van der Waals surface area contributed by atoms with Crippen LogP contribution in [0.25, 0.3) is 5.57 Å². The Bertz CT molecular complexity index is 738. The molecular formula is C20H24N4O. The highest BCUT2D eigenvalue weighted by Gasteiger charge is 2.31. The molecule has 0 aromatic carbocycles. The fourth-order valence-electron chi connectivity index (χ4n) is 3.61. The maximum absolute atomic E-state index is 9.36. The number of aromatic nitrogens is 1. The summed E-state index contributed by atoms with van der Waals surface area (Å²) in [6, 6.07) is 9.10. The van der Waals surface area contributed by atoms with Crippen LogP contribution in [0.1, 0.15) is 45.7 Å². The fraction of sp³-hybridized carbons (Fsp3) is 0.550. The zero-order valence-corrected chi connectivity index (χ0v) is 15.1. The quantitative estimate of drug-likeness (QED) is 0.752. The van der Waals surface area contributed by atoms with Crippen LogP contribution in [0.2, 0.25) is 0 Å². The van der Waals surface area contributed by atoms with Gasteiger partial charge in [-0.05, 0) is 42.7 Å². The summed E-state index contributed by atoms with van der Waals surface area (Å²) in [5.74, 6) is 1.76. The van der Waals surface area contributed by atoms with Crippen molar-refractivity contribution in [3.05, 3.63) is 29.6 Å². The molecule has 0 spiro atoms. The predicted molar refractivity (Wildman–Crippen MR) is 94.4 cm³/mol. The van der Waals surface area contributed by atoms with Gasteiger partial charge in [0.15, 0.2) is 0 Å². The number of nitrogens with zero attached hydrogens (tertiary/aromatic N) is 4. The van der Waals surface area contributed by atoms with E-state index in [1.807, 2.05) is 12.3 Å². The smallest absolute Gasteiger partial charge is 0.149 e. The molecule has 0 aliphatic heterocycles. The van der Waals surface area contributed by atoms with E-state index in [0.29, 0.717) is 30.2 Å². The number of allylic oxidation sites excluding steroid dienone is 2. The normalized spacial score (nSPS) is 22.7. The molecule has 25 heavy (non-hydrogen) atoms. The zero-order chi connectivity index (χ0) is 18.4. The third kappa shape index (κ3) is 4.30. The summed E-state index contributed by atoms with van der Waals surface area (Å²) >= 11 is 0. The van der Waals surface area contributed by atoms with E-state index in [0.717, 1.165) is 6.42 Å². The second-order valence-corrected chi connectivity index (χ2v) is 7.11. The Morgan fingerprint density at radius 3 is 2.56 bits per heavy atom. The molecule has 1 aliphatic rings. The molecule has 5 nitrogen and oxygen atoms in total. The Morgan fingerprint density at radius 1 is 1.24 bits per heavy atom. The maximum atomic E-state index is 9.36. The first kappa shape index (κ1) is 18.8. The molecule has 0 unspecified atom stereocenters. The van der Waals surface area contributed by atoms with E-state index in [-0.39, 0.29) is 17.3 Å². The van der Waals surface area contributed by atoms with Gasteiger partial charge in [-0.1, -0.05) is 27.2 Å². The lowest BCUT2D eigenvalue weighted by molar-refractivity contribution is -0.0678. The van der Waals surface area contributed by atoms with E-state index in [4.69, 9.17) is 15.3 Å². The van der Waals surface area contributed by atoms with Crippen LogP contribution in [0.15, 0.2) is 23.9 Å². The van der Waals surface area contributed by atoms with Gasteiger partial charge in [-0.3, -0.25) is 0 Å². The molecule has 1 fully saturated rings. The Labute approximate surface area is 149 Å². The summed E-state index contributed by atoms with van der Waals surface area (Å²) in [4.78, 5) is 0. The van der Waals surface area contributed by atoms with Gasteiger partial charge in [-0.25, -0.2) is 0 Å². The molecular weight excluding hydrogens is 312 g/mol. The van der Waals surface area contributed by atoms with Crippen LogP contribution in [0.3, 0.4) is 0 Å². The minimum absolute atomic E-state index is 0.0935. The second-order valence-electron chi connectivity index (χ2n) is 7.11. The van der Waals surface area contributed by atoms with Gasteiger partial charge in [-0.15, -0.1) is 0 Å².